The van der Waals surface area contributed by atoms with Crippen LogP contribution < -0.4 is 0 Å². The molecule has 112 valence electrons. The molecule has 2 aliphatic rings. The molecule has 2 saturated carbocycles. The predicted molar refractivity (Wildman–Crippen MR) is 80.1 cm³/mol. The standard InChI is InChI=1S/C17H22N2O2/c20-14-6-3-12(4-7-14)17(21)16-15(11-1-2-11)8-5-13-9-18-10-19(13)16/h5,8-12,14,17,20-21H,1-4,6-7H2/t12?,14?,17-/m0/s1. The van der Waals surface area contributed by atoms with Crippen molar-refractivity contribution in [2.45, 2.75) is 56.7 Å². The third-order valence-electron chi connectivity index (χ3n) is 5.14. The van der Waals surface area contributed by atoms with E-state index in [1.807, 2.05) is 12.5 Å². The Morgan fingerprint density at radius 2 is 1.86 bits per heavy atom. The van der Waals surface area contributed by atoms with Crippen LogP contribution in [0.3, 0.4) is 0 Å². The van der Waals surface area contributed by atoms with Crippen molar-refractivity contribution in [1.29, 1.82) is 0 Å². The van der Waals surface area contributed by atoms with Crippen molar-refractivity contribution in [2.24, 2.45) is 5.92 Å². The molecule has 0 spiro atoms. The van der Waals surface area contributed by atoms with Gasteiger partial charge in [-0.05, 0) is 62.0 Å². The Morgan fingerprint density at radius 3 is 2.57 bits per heavy atom. The minimum Gasteiger partial charge on any atom is -0.393 e. The normalized spacial score (nSPS) is 27.9. The maximum absolute atomic E-state index is 11.0. The molecule has 1 atom stereocenters. The van der Waals surface area contributed by atoms with Gasteiger partial charge in [0.15, 0.2) is 0 Å². The van der Waals surface area contributed by atoms with E-state index in [-0.39, 0.29) is 12.0 Å². The van der Waals surface area contributed by atoms with Crippen molar-refractivity contribution in [3.05, 3.63) is 35.9 Å². The zero-order chi connectivity index (χ0) is 14.4. The summed E-state index contributed by atoms with van der Waals surface area (Å²) in [6, 6.07) is 4.27. The average molecular weight is 286 g/mol. The summed E-state index contributed by atoms with van der Waals surface area (Å²) in [5.74, 6) is 0.856. The second-order valence-corrected chi connectivity index (χ2v) is 6.65. The Kier molecular flexibility index (Phi) is 3.23. The Morgan fingerprint density at radius 1 is 1.10 bits per heavy atom. The van der Waals surface area contributed by atoms with Gasteiger partial charge >= 0.3 is 0 Å². The fraction of sp³-hybridized carbons (Fsp3) is 0.588. The maximum Gasteiger partial charge on any atom is 0.0995 e. The molecule has 2 aliphatic carbocycles. The Hall–Kier alpha value is -1.39. The SMILES string of the molecule is OC1CCC([C@H](O)c2c(C3CC3)ccc3cncn23)CC1. The lowest BCUT2D eigenvalue weighted by Gasteiger charge is -2.30. The zero-order valence-electron chi connectivity index (χ0n) is 12.2. The summed E-state index contributed by atoms with van der Waals surface area (Å²) in [4.78, 5) is 4.23. The summed E-state index contributed by atoms with van der Waals surface area (Å²) in [7, 11) is 0. The fourth-order valence-corrected chi connectivity index (χ4v) is 3.72. The van der Waals surface area contributed by atoms with E-state index in [9.17, 15) is 10.2 Å². The van der Waals surface area contributed by atoms with E-state index in [4.69, 9.17) is 0 Å². The third-order valence-corrected chi connectivity index (χ3v) is 5.14. The van der Waals surface area contributed by atoms with E-state index >= 15 is 0 Å². The summed E-state index contributed by atoms with van der Waals surface area (Å²) in [5, 5.41) is 20.6. The van der Waals surface area contributed by atoms with Gasteiger partial charge in [0.05, 0.1) is 35.9 Å². The number of hydrogen-bond donors (Lipinski definition) is 2. The monoisotopic (exact) mass is 286 g/mol. The lowest BCUT2D eigenvalue weighted by Crippen LogP contribution is -2.24. The number of pyridine rings is 1. The number of aromatic nitrogens is 2. The highest BCUT2D eigenvalue weighted by Gasteiger charge is 2.33. The van der Waals surface area contributed by atoms with Crippen molar-refractivity contribution in [2.75, 3.05) is 0 Å². The molecule has 0 saturated heterocycles. The molecule has 2 heterocycles. The van der Waals surface area contributed by atoms with E-state index in [0.29, 0.717) is 5.92 Å². The van der Waals surface area contributed by atoms with Crippen molar-refractivity contribution < 1.29 is 10.2 Å². The summed E-state index contributed by atoms with van der Waals surface area (Å²) >= 11 is 0. The summed E-state index contributed by atoms with van der Waals surface area (Å²) < 4.78 is 2.06. The van der Waals surface area contributed by atoms with Gasteiger partial charge in [0, 0.05) is 0 Å². The van der Waals surface area contributed by atoms with Gasteiger partial charge in [0.25, 0.3) is 0 Å². The minimum atomic E-state index is -0.453. The highest BCUT2D eigenvalue weighted by atomic mass is 16.3. The lowest BCUT2D eigenvalue weighted by molar-refractivity contribution is 0.0382. The van der Waals surface area contributed by atoms with Crippen LogP contribution in [0.15, 0.2) is 24.7 Å². The van der Waals surface area contributed by atoms with Gasteiger partial charge in [-0.2, -0.15) is 0 Å². The molecule has 0 amide bonds. The van der Waals surface area contributed by atoms with Crippen LogP contribution in [0.4, 0.5) is 0 Å². The van der Waals surface area contributed by atoms with Crippen LogP contribution in [0.25, 0.3) is 5.52 Å². The van der Waals surface area contributed by atoms with Crippen LogP contribution in [0.2, 0.25) is 0 Å². The molecular formula is C17H22N2O2. The average Bonchev–Trinajstić information content (AvgIpc) is 3.23. The molecule has 0 unspecified atom stereocenters. The largest absolute Gasteiger partial charge is 0.393 e. The number of imidazole rings is 1. The van der Waals surface area contributed by atoms with Gasteiger partial charge in [0.2, 0.25) is 0 Å². The first-order valence-electron chi connectivity index (χ1n) is 8.05. The van der Waals surface area contributed by atoms with Gasteiger partial charge in [0.1, 0.15) is 0 Å². The number of aliphatic hydroxyl groups excluding tert-OH is 2. The van der Waals surface area contributed by atoms with Gasteiger partial charge in [-0.3, -0.25) is 0 Å². The molecule has 0 bridgehead atoms. The second-order valence-electron chi connectivity index (χ2n) is 6.65. The number of aliphatic hydroxyl groups is 2. The minimum absolute atomic E-state index is 0.180. The van der Waals surface area contributed by atoms with E-state index in [1.54, 1.807) is 0 Å². The number of rotatable bonds is 3. The van der Waals surface area contributed by atoms with Crippen molar-refractivity contribution in [1.82, 2.24) is 9.38 Å². The van der Waals surface area contributed by atoms with Gasteiger partial charge in [-0.15, -0.1) is 0 Å². The third kappa shape index (κ3) is 2.36. The molecule has 2 aromatic heterocycles. The molecule has 0 radical (unpaired) electrons. The maximum atomic E-state index is 11.0. The predicted octanol–water partition coefficient (Wildman–Crippen LogP) is 2.80. The fourth-order valence-electron chi connectivity index (χ4n) is 3.72. The number of hydrogen-bond acceptors (Lipinski definition) is 3. The topological polar surface area (TPSA) is 57.8 Å². The summed E-state index contributed by atoms with van der Waals surface area (Å²) in [5.41, 5.74) is 3.37. The van der Waals surface area contributed by atoms with Crippen molar-refractivity contribution in [3.8, 4) is 0 Å². The van der Waals surface area contributed by atoms with Crippen LogP contribution in [0.1, 0.15) is 61.8 Å². The van der Waals surface area contributed by atoms with E-state index < -0.39 is 6.10 Å². The van der Waals surface area contributed by atoms with Crippen LogP contribution in [0.5, 0.6) is 0 Å². The molecule has 4 heteroatoms. The van der Waals surface area contributed by atoms with Gasteiger partial charge in [-0.1, -0.05) is 6.07 Å². The zero-order valence-corrected chi connectivity index (χ0v) is 12.2. The number of nitrogens with zero attached hydrogens (tertiary/aromatic N) is 2. The van der Waals surface area contributed by atoms with Crippen LogP contribution in [-0.2, 0) is 0 Å². The summed E-state index contributed by atoms with van der Waals surface area (Å²) in [6.07, 6.45) is 8.89. The first-order valence-corrected chi connectivity index (χ1v) is 8.05. The van der Waals surface area contributed by atoms with Crippen molar-refractivity contribution >= 4 is 5.52 Å². The Labute approximate surface area is 124 Å². The Bertz CT molecular complexity index is 639. The molecule has 0 aromatic carbocycles. The molecule has 4 rings (SSSR count). The molecule has 0 aliphatic heterocycles. The highest BCUT2D eigenvalue weighted by Crippen LogP contribution is 2.45. The van der Waals surface area contributed by atoms with Crippen LogP contribution in [0, 0.1) is 5.92 Å². The molecule has 2 fully saturated rings. The smallest absolute Gasteiger partial charge is 0.0995 e. The summed E-state index contributed by atoms with van der Waals surface area (Å²) in [6.45, 7) is 0. The molecule has 2 N–H and O–H groups in total. The first-order chi connectivity index (χ1) is 10.2. The van der Waals surface area contributed by atoms with Gasteiger partial charge in [-0.25, -0.2) is 4.98 Å². The quantitative estimate of drug-likeness (QED) is 0.912. The molecule has 21 heavy (non-hydrogen) atoms. The Balaban J connectivity index is 1.73. The molecular weight excluding hydrogens is 264 g/mol. The van der Waals surface area contributed by atoms with Crippen LogP contribution in [-0.4, -0.2) is 25.7 Å². The van der Waals surface area contributed by atoms with E-state index in [2.05, 4.69) is 21.5 Å². The molecule has 2 aromatic rings. The first kappa shape index (κ1) is 13.3. The molecule has 4 nitrogen and oxygen atoms in total. The van der Waals surface area contributed by atoms with Gasteiger partial charge < -0.3 is 14.6 Å². The highest BCUT2D eigenvalue weighted by molar-refractivity contribution is 5.50. The number of fused-ring (bicyclic) bond motifs is 1. The van der Waals surface area contributed by atoms with E-state index in [1.165, 1.54) is 18.4 Å². The van der Waals surface area contributed by atoms with Crippen molar-refractivity contribution in [3.63, 3.8) is 0 Å². The van der Waals surface area contributed by atoms with Crippen LogP contribution >= 0.6 is 0 Å². The lowest BCUT2D eigenvalue weighted by atomic mass is 9.81. The van der Waals surface area contributed by atoms with E-state index in [0.717, 1.165) is 36.9 Å². The second kappa shape index (κ2) is 5.11.